The van der Waals surface area contributed by atoms with Gasteiger partial charge in [0.25, 0.3) is 5.91 Å². The van der Waals surface area contributed by atoms with Crippen molar-refractivity contribution >= 4 is 23.0 Å². The molecule has 0 radical (unpaired) electrons. The lowest BCUT2D eigenvalue weighted by molar-refractivity contribution is -0.127. The predicted octanol–water partition coefficient (Wildman–Crippen LogP) is 3.12. The average Bonchev–Trinajstić information content (AvgIpc) is 2.79. The number of anilines is 1. The van der Waals surface area contributed by atoms with Crippen LogP contribution < -0.4 is 4.90 Å². The second-order valence-corrected chi connectivity index (χ2v) is 5.12. The van der Waals surface area contributed by atoms with Gasteiger partial charge in [-0.3, -0.25) is 4.79 Å². The quantitative estimate of drug-likeness (QED) is 0.619. The van der Waals surface area contributed by atoms with E-state index in [1.54, 1.807) is 6.92 Å². The molecule has 0 spiro atoms. The molecule has 0 aliphatic carbocycles. The molecule has 114 valence electrons. The fourth-order valence-corrected chi connectivity index (χ4v) is 1.94. The molecule has 1 amide bonds. The maximum absolute atomic E-state index is 12.3. The van der Waals surface area contributed by atoms with Crippen LogP contribution in [-0.2, 0) is 4.79 Å². The van der Waals surface area contributed by atoms with Gasteiger partial charge in [-0.15, -0.1) is 0 Å². The molecule has 1 heterocycles. The number of hydrogen-bond donors (Lipinski definition) is 0. The number of rotatable bonds is 5. The minimum Gasteiger partial charge on any atom is -0.378 e. The van der Waals surface area contributed by atoms with Crippen molar-refractivity contribution in [2.24, 2.45) is 15.3 Å². The fourth-order valence-electron chi connectivity index (χ4n) is 1.94. The Balaban J connectivity index is 2.19. The van der Waals surface area contributed by atoms with Crippen LogP contribution in [0.5, 0.6) is 0 Å². The van der Waals surface area contributed by atoms with Crippen LogP contribution in [0.1, 0.15) is 6.92 Å². The van der Waals surface area contributed by atoms with E-state index in [2.05, 4.69) is 28.5 Å². The third kappa shape index (κ3) is 3.11. The number of benzene rings is 1. The SMILES string of the molecule is C=CC(=C)N1N=C(C)C(N=Nc2cccc(N(C)C)c2)C1=O. The molecule has 1 unspecified atom stereocenters. The van der Waals surface area contributed by atoms with Crippen LogP contribution in [0, 0.1) is 0 Å². The van der Waals surface area contributed by atoms with Gasteiger partial charge >= 0.3 is 0 Å². The molecule has 1 aliphatic heterocycles. The van der Waals surface area contributed by atoms with Crippen LogP contribution >= 0.6 is 0 Å². The molecule has 22 heavy (non-hydrogen) atoms. The highest BCUT2D eigenvalue weighted by Gasteiger charge is 2.34. The van der Waals surface area contributed by atoms with Gasteiger partial charge in [0.05, 0.1) is 17.1 Å². The van der Waals surface area contributed by atoms with Gasteiger partial charge < -0.3 is 4.90 Å². The largest absolute Gasteiger partial charge is 0.378 e. The molecular weight excluding hydrogens is 278 g/mol. The highest BCUT2D eigenvalue weighted by atomic mass is 16.2. The molecule has 0 fully saturated rings. The van der Waals surface area contributed by atoms with Gasteiger partial charge in [-0.05, 0) is 31.2 Å². The van der Waals surface area contributed by atoms with Crippen molar-refractivity contribution in [3.05, 3.63) is 49.2 Å². The van der Waals surface area contributed by atoms with Crippen LogP contribution in [-0.4, -0.2) is 36.8 Å². The predicted molar refractivity (Wildman–Crippen MR) is 88.4 cm³/mol. The first-order chi connectivity index (χ1) is 10.4. The van der Waals surface area contributed by atoms with Crippen molar-refractivity contribution in [1.82, 2.24) is 5.01 Å². The van der Waals surface area contributed by atoms with Gasteiger partial charge in [0, 0.05) is 19.8 Å². The average molecular weight is 297 g/mol. The molecule has 1 aliphatic rings. The molecule has 6 nitrogen and oxygen atoms in total. The zero-order valence-electron chi connectivity index (χ0n) is 13.0. The van der Waals surface area contributed by atoms with Crippen molar-refractivity contribution in [2.45, 2.75) is 13.0 Å². The lowest BCUT2D eigenvalue weighted by Crippen LogP contribution is -2.28. The monoisotopic (exact) mass is 297 g/mol. The highest BCUT2D eigenvalue weighted by molar-refractivity contribution is 6.11. The van der Waals surface area contributed by atoms with E-state index in [4.69, 9.17) is 0 Å². The summed E-state index contributed by atoms with van der Waals surface area (Å²) in [6.07, 6.45) is 1.48. The third-order valence-electron chi connectivity index (χ3n) is 3.24. The summed E-state index contributed by atoms with van der Waals surface area (Å²) in [6.45, 7) is 9.06. The standard InChI is InChI=1S/C16H19N5O/c1-6-11(2)21-16(22)15(12(3)19-21)18-17-13-8-7-9-14(10-13)20(4)5/h6-10,15H,1-2H2,3-5H3. The van der Waals surface area contributed by atoms with E-state index < -0.39 is 6.04 Å². The molecular formula is C16H19N5O. The molecule has 0 saturated carbocycles. The Morgan fingerprint density at radius 2 is 2.18 bits per heavy atom. The first kappa shape index (κ1) is 15.6. The number of hydrazone groups is 1. The summed E-state index contributed by atoms with van der Waals surface area (Å²) in [4.78, 5) is 14.2. The van der Waals surface area contributed by atoms with E-state index in [9.17, 15) is 4.79 Å². The lowest BCUT2D eigenvalue weighted by Gasteiger charge is -2.12. The maximum Gasteiger partial charge on any atom is 0.280 e. The Morgan fingerprint density at radius 3 is 2.82 bits per heavy atom. The number of hydrogen-bond acceptors (Lipinski definition) is 5. The van der Waals surface area contributed by atoms with E-state index in [1.807, 2.05) is 43.3 Å². The molecule has 2 rings (SSSR count). The molecule has 6 heteroatoms. The Labute approximate surface area is 130 Å². The Bertz CT molecular complexity index is 675. The summed E-state index contributed by atoms with van der Waals surface area (Å²) >= 11 is 0. The Morgan fingerprint density at radius 1 is 1.45 bits per heavy atom. The van der Waals surface area contributed by atoms with E-state index >= 15 is 0 Å². The first-order valence-corrected chi connectivity index (χ1v) is 6.82. The smallest absolute Gasteiger partial charge is 0.280 e. The molecule has 0 bridgehead atoms. The van der Waals surface area contributed by atoms with Gasteiger partial charge in [-0.1, -0.05) is 19.2 Å². The van der Waals surface area contributed by atoms with Crippen LogP contribution in [0.15, 0.2) is 64.5 Å². The fraction of sp³-hybridized carbons (Fsp3) is 0.250. The molecule has 1 aromatic carbocycles. The second-order valence-electron chi connectivity index (χ2n) is 5.12. The number of azo groups is 1. The minimum atomic E-state index is -0.709. The van der Waals surface area contributed by atoms with Crippen LogP contribution in [0.2, 0.25) is 0 Å². The zero-order chi connectivity index (χ0) is 16.3. The molecule has 0 saturated heterocycles. The van der Waals surface area contributed by atoms with Crippen molar-refractivity contribution in [3.63, 3.8) is 0 Å². The van der Waals surface area contributed by atoms with Gasteiger partial charge in [-0.2, -0.15) is 20.3 Å². The van der Waals surface area contributed by atoms with Crippen LogP contribution in [0.4, 0.5) is 11.4 Å². The van der Waals surface area contributed by atoms with E-state index in [0.717, 1.165) is 5.69 Å². The van der Waals surface area contributed by atoms with Gasteiger partial charge in [-0.25, -0.2) is 0 Å². The van der Waals surface area contributed by atoms with Crippen molar-refractivity contribution in [1.29, 1.82) is 0 Å². The summed E-state index contributed by atoms with van der Waals surface area (Å²) in [5, 5.41) is 13.7. The normalized spacial score (nSPS) is 17.8. The minimum absolute atomic E-state index is 0.269. The summed E-state index contributed by atoms with van der Waals surface area (Å²) in [7, 11) is 3.90. The van der Waals surface area contributed by atoms with E-state index in [1.165, 1.54) is 11.1 Å². The topological polar surface area (TPSA) is 60.6 Å². The Kier molecular flexibility index (Phi) is 4.50. The molecule has 0 N–H and O–H groups in total. The number of amides is 1. The van der Waals surface area contributed by atoms with Crippen LogP contribution in [0.3, 0.4) is 0 Å². The summed E-state index contributed by atoms with van der Waals surface area (Å²) in [6, 6.07) is 6.90. The number of carbonyl (C=O) groups is 1. The third-order valence-corrected chi connectivity index (χ3v) is 3.24. The highest BCUT2D eigenvalue weighted by Crippen LogP contribution is 2.23. The number of nitrogens with zero attached hydrogens (tertiary/aromatic N) is 5. The maximum atomic E-state index is 12.3. The first-order valence-electron chi connectivity index (χ1n) is 6.82. The molecule has 0 aromatic heterocycles. The lowest BCUT2D eigenvalue weighted by atomic mass is 10.2. The van der Waals surface area contributed by atoms with Crippen molar-refractivity contribution in [2.75, 3.05) is 19.0 Å². The summed E-state index contributed by atoms with van der Waals surface area (Å²) in [5.41, 5.74) is 2.71. The second kappa shape index (κ2) is 6.34. The summed E-state index contributed by atoms with van der Waals surface area (Å²) in [5.74, 6) is -0.269. The number of carbonyl (C=O) groups excluding carboxylic acids is 1. The van der Waals surface area contributed by atoms with Crippen LogP contribution in [0.25, 0.3) is 0 Å². The molecule has 1 atom stereocenters. The Hall–Kier alpha value is -2.76. The van der Waals surface area contributed by atoms with E-state index in [0.29, 0.717) is 17.1 Å². The van der Waals surface area contributed by atoms with Gasteiger partial charge in [0.2, 0.25) is 0 Å². The zero-order valence-corrected chi connectivity index (χ0v) is 13.0. The number of allylic oxidation sites excluding steroid dienone is 1. The van der Waals surface area contributed by atoms with Gasteiger partial charge in [0.15, 0.2) is 6.04 Å². The van der Waals surface area contributed by atoms with Crippen molar-refractivity contribution in [3.8, 4) is 0 Å². The van der Waals surface area contributed by atoms with Gasteiger partial charge in [0.1, 0.15) is 0 Å². The van der Waals surface area contributed by atoms with E-state index in [-0.39, 0.29) is 5.91 Å². The molecule has 1 aromatic rings. The van der Waals surface area contributed by atoms with Crippen molar-refractivity contribution < 1.29 is 4.79 Å². The summed E-state index contributed by atoms with van der Waals surface area (Å²) < 4.78 is 0.